The van der Waals surface area contributed by atoms with E-state index in [9.17, 15) is 8.42 Å². The molecule has 0 bridgehead atoms. The molecule has 0 N–H and O–H groups in total. The zero-order valence-corrected chi connectivity index (χ0v) is 12.7. The van der Waals surface area contributed by atoms with E-state index in [0.29, 0.717) is 13.1 Å². The molecule has 0 amide bonds. The number of nitrogens with zero attached hydrogens (tertiary/aromatic N) is 2. The van der Waals surface area contributed by atoms with Gasteiger partial charge >= 0.3 is 0 Å². The summed E-state index contributed by atoms with van der Waals surface area (Å²) in [4.78, 5) is 2.23. The maximum Gasteiger partial charge on any atom is 0.224 e. The topological polar surface area (TPSA) is 40.6 Å². The molecule has 0 radical (unpaired) electrons. The number of hydrogen-bond donors (Lipinski definition) is 0. The highest BCUT2D eigenvalue weighted by Gasteiger charge is 2.25. The van der Waals surface area contributed by atoms with Gasteiger partial charge in [0.2, 0.25) is 10.0 Å². The van der Waals surface area contributed by atoms with Gasteiger partial charge in [0.15, 0.2) is 0 Å². The summed E-state index contributed by atoms with van der Waals surface area (Å²) in [5, 5.41) is 0. The Labute approximate surface area is 117 Å². The van der Waals surface area contributed by atoms with Crippen LogP contribution in [0.1, 0.15) is 5.56 Å². The van der Waals surface area contributed by atoms with Crippen molar-refractivity contribution in [1.29, 1.82) is 0 Å². The Hall–Kier alpha value is -0.590. The van der Waals surface area contributed by atoms with Gasteiger partial charge in [0.05, 0.1) is 0 Å². The van der Waals surface area contributed by atoms with Crippen molar-refractivity contribution in [2.24, 2.45) is 0 Å². The van der Waals surface area contributed by atoms with Gasteiger partial charge in [0, 0.05) is 31.9 Å². The van der Waals surface area contributed by atoms with Gasteiger partial charge in [-0.3, -0.25) is 0 Å². The first kappa shape index (κ1) is 13.8. The van der Waals surface area contributed by atoms with Gasteiger partial charge in [-0.25, -0.2) is 8.42 Å². The molecule has 1 aromatic carbocycles. The third-order valence-corrected chi connectivity index (χ3v) is 6.30. The summed E-state index contributed by atoms with van der Waals surface area (Å²) >= 11 is 3.03. The standard InChI is InChI=1S/C12H17BrN2O2S/c1-11-3-2-4-12(9-11)14-5-7-15(8-6-14)18(16,17)10-13/h2-4,9H,5-8,10H2,1H3. The minimum Gasteiger partial charge on any atom is -0.369 e. The first-order valence-corrected chi connectivity index (χ1v) is 8.61. The Balaban J connectivity index is 2.03. The lowest BCUT2D eigenvalue weighted by atomic mass is 10.2. The minimum absolute atomic E-state index is 0.00441. The van der Waals surface area contributed by atoms with E-state index >= 15 is 0 Å². The second-order valence-electron chi connectivity index (χ2n) is 4.45. The van der Waals surface area contributed by atoms with Crippen LogP contribution in [0.2, 0.25) is 0 Å². The number of aryl methyl sites for hydroxylation is 1. The molecular formula is C12H17BrN2O2S. The largest absolute Gasteiger partial charge is 0.369 e. The summed E-state index contributed by atoms with van der Waals surface area (Å²) in [6.07, 6.45) is 0. The molecule has 1 fully saturated rings. The number of piperazine rings is 1. The van der Waals surface area contributed by atoms with Crippen LogP contribution in [-0.4, -0.2) is 43.6 Å². The first-order valence-electron chi connectivity index (χ1n) is 5.88. The highest BCUT2D eigenvalue weighted by atomic mass is 79.9. The van der Waals surface area contributed by atoms with Crippen LogP contribution in [0.25, 0.3) is 0 Å². The second kappa shape index (κ2) is 5.59. The van der Waals surface area contributed by atoms with Crippen molar-refractivity contribution in [3.8, 4) is 0 Å². The third kappa shape index (κ3) is 3.05. The number of sulfonamides is 1. The zero-order valence-electron chi connectivity index (χ0n) is 10.3. The highest BCUT2D eigenvalue weighted by molar-refractivity contribution is 9.10. The number of alkyl halides is 1. The first-order chi connectivity index (χ1) is 8.53. The van der Waals surface area contributed by atoms with Crippen LogP contribution in [0, 0.1) is 6.92 Å². The molecule has 1 heterocycles. The Bertz CT molecular complexity index is 511. The van der Waals surface area contributed by atoms with E-state index in [2.05, 4.69) is 46.0 Å². The molecule has 1 aromatic rings. The van der Waals surface area contributed by atoms with Crippen LogP contribution < -0.4 is 4.90 Å². The molecule has 1 saturated heterocycles. The molecule has 0 unspecified atom stereocenters. The SMILES string of the molecule is Cc1cccc(N2CCN(S(=O)(=O)CBr)CC2)c1. The van der Waals surface area contributed by atoms with Crippen molar-refractivity contribution in [3.05, 3.63) is 29.8 Å². The lowest BCUT2D eigenvalue weighted by molar-refractivity contribution is 0.387. The van der Waals surface area contributed by atoms with E-state index < -0.39 is 10.0 Å². The number of halogens is 1. The van der Waals surface area contributed by atoms with Crippen molar-refractivity contribution in [2.75, 3.05) is 35.7 Å². The molecule has 0 aliphatic carbocycles. The van der Waals surface area contributed by atoms with Gasteiger partial charge < -0.3 is 4.90 Å². The molecule has 0 saturated carbocycles. The smallest absolute Gasteiger partial charge is 0.224 e. The van der Waals surface area contributed by atoms with Gasteiger partial charge in [-0.1, -0.05) is 28.1 Å². The number of anilines is 1. The van der Waals surface area contributed by atoms with Gasteiger partial charge in [-0.2, -0.15) is 4.31 Å². The summed E-state index contributed by atoms with van der Waals surface area (Å²) < 4.78 is 25.0. The lowest BCUT2D eigenvalue weighted by Crippen LogP contribution is -2.48. The second-order valence-corrected chi connectivity index (χ2v) is 7.72. The van der Waals surface area contributed by atoms with Crippen LogP contribution >= 0.6 is 15.9 Å². The van der Waals surface area contributed by atoms with E-state index in [-0.39, 0.29) is 4.66 Å². The summed E-state index contributed by atoms with van der Waals surface area (Å²) in [6, 6.07) is 8.30. The monoisotopic (exact) mass is 332 g/mol. The van der Waals surface area contributed by atoms with E-state index in [4.69, 9.17) is 0 Å². The van der Waals surface area contributed by atoms with Gasteiger partial charge in [-0.05, 0) is 24.6 Å². The predicted octanol–water partition coefficient (Wildman–Crippen LogP) is 1.80. The van der Waals surface area contributed by atoms with E-state index in [1.165, 1.54) is 11.3 Å². The quantitative estimate of drug-likeness (QED) is 0.792. The molecule has 1 aliphatic heterocycles. The fraction of sp³-hybridized carbons (Fsp3) is 0.500. The summed E-state index contributed by atoms with van der Waals surface area (Å²) in [5.74, 6) is 0. The Morgan fingerprint density at radius 2 is 1.89 bits per heavy atom. The van der Waals surface area contributed by atoms with E-state index in [0.717, 1.165) is 13.1 Å². The molecule has 1 aliphatic rings. The van der Waals surface area contributed by atoms with Crippen molar-refractivity contribution in [1.82, 2.24) is 4.31 Å². The Morgan fingerprint density at radius 1 is 1.22 bits per heavy atom. The van der Waals surface area contributed by atoms with E-state index in [1.807, 2.05) is 6.07 Å². The van der Waals surface area contributed by atoms with Crippen molar-refractivity contribution < 1.29 is 8.42 Å². The third-order valence-electron chi connectivity index (χ3n) is 3.14. The normalized spacial score (nSPS) is 18.0. The Morgan fingerprint density at radius 3 is 2.44 bits per heavy atom. The van der Waals surface area contributed by atoms with Crippen molar-refractivity contribution >= 4 is 31.6 Å². The number of rotatable bonds is 3. The minimum atomic E-state index is -3.11. The molecule has 0 spiro atoms. The van der Waals surface area contributed by atoms with Gasteiger partial charge in [0.25, 0.3) is 0 Å². The maximum absolute atomic E-state index is 11.7. The molecule has 18 heavy (non-hydrogen) atoms. The van der Waals surface area contributed by atoms with Crippen molar-refractivity contribution in [3.63, 3.8) is 0 Å². The van der Waals surface area contributed by atoms with Crippen LogP contribution in [0.15, 0.2) is 24.3 Å². The molecule has 100 valence electrons. The summed E-state index contributed by atoms with van der Waals surface area (Å²) in [6.45, 7) is 4.67. The average molecular weight is 333 g/mol. The average Bonchev–Trinajstić information content (AvgIpc) is 2.39. The fourth-order valence-electron chi connectivity index (χ4n) is 2.12. The predicted molar refractivity (Wildman–Crippen MR) is 77.7 cm³/mol. The summed E-state index contributed by atoms with van der Waals surface area (Å²) in [5.41, 5.74) is 2.40. The zero-order chi connectivity index (χ0) is 13.2. The van der Waals surface area contributed by atoms with Gasteiger partial charge in [-0.15, -0.1) is 0 Å². The van der Waals surface area contributed by atoms with Gasteiger partial charge in [0.1, 0.15) is 4.66 Å². The summed E-state index contributed by atoms with van der Waals surface area (Å²) in [7, 11) is -3.11. The molecule has 4 nitrogen and oxygen atoms in total. The molecule has 2 rings (SSSR count). The van der Waals surface area contributed by atoms with Crippen molar-refractivity contribution in [2.45, 2.75) is 6.92 Å². The van der Waals surface area contributed by atoms with Crippen LogP contribution in [0.4, 0.5) is 5.69 Å². The van der Waals surface area contributed by atoms with Crippen LogP contribution in [0.5, 0.6) is 0 Å². The molecule has 6 heteroatoms. The highest BCUT2D eigenvalue weighted by Crippen LogP contribution is 2.19. The maximum atomic E-state index is 11.7. The molecule has 0 aromatic heterocycles. The Kier molecular flexibility index (Phi) is 4.29. The lowest BCUT2D eigenvalue weighted by Gasteiger charge is -2.35. The molecule has 0 atom stereocenters. The number of hydrogen-bond acceptors (Lipinski definition) is 3. The molecular weight excluding hydrogens is 316 g/mol. The van der Waals surface area contributed by atoms with E-state index in [1.54, 1.807) is 4.31 Å². The number of benzene rings is 1. The van der Waals surface area contributed by atoms with Crippen LogP contribution in [-0.2, 0) is 10.0 Å². The fourth-order valence-corrected chi connectivity index (χ4v) is 3.84. The van der Waals surface area contributed by atoms with Crippen LogP contribution in [0.3, 0.4) is 0 Å².